The number of allylic oxidation sites excluding steroid dienone is 1. The second-order valence-corrected chi connectivity index (χ2v) is 6.49. The monoisotopic (exact) mass is 413 g/mol. The highest BCUT2D eigenvalue weighted by Gasteiger charge is 2.49. The highest BCUT2D eigenvalue weighted by atomic mass is 127. The number of fused-ring (bicyclic) bond motifs is 1. The molecular weight excluding hydrogens is 393 g/mol. The molecule has 0 unspecified atom stereocenters. The SMILES string of the molecule is COc1ccc([C@]23C=CC(=O)C[C@H]2N(CI)CC3)cc1OC. The maximum Gasteiger partial charge on any atom is 0.161 e. The van der Waals surface area contributed by atoms with Crippen LogP contribution in [0.5, 0.6) is 11.5 Å². The minimum Gasteiger partial charge on any atom is -0.493 e. The maximum absolute atomic E-state index is 11.9. The van der Waals surface area contributed by atoms with Crippen molar-refractivity contribution < 1.29 is 14.3 Å². The molecule has 4 nitrogen and oxygen atoms in total. The van der Waals surface area contributed by atoms with E-state index in [0.717, 1.165) is 29.0 Å². The molecular formula is C17H20INO3. The molecule has 0 saturated carbocycles. The van der Waals surface area contributed by atoms with Crippen molar-refractivity contribution in [3.8, 4) is 11.5 Å². The van der Waals surface area contributed by atoms with Crippen molar-refractivity contribution in [1.82, 2.24) is 4.90 Å². The molecule has 0 aromatic heterocycles. The van der Waals surface area contributed by atoms with Crippen LogP contribution in [0.4, 0.5) is 0 Å². The zero-order valence-electron chi connectivity index (χ0n) is 12.8. The van der Waals surface area contributed by atoms with Gasteiger partial charge in [-0.1, -0.05) is 34.7 Å². The lowest BCUT2D eigenvalue weighted by atomic mass is 9.69. The van der Waals surface area contributed by atoms with Gasteiger partial charge in [0, 0.05) is 24.4 Å². The third kappa shape index (κ3) is 2.44. The Morgan fingerprint density at radius 3 is 2.77 bits per heavy atom. The van der Waals surface area contributed by atoms with Gasteiger partial charge < -0.3 is 9.47 Å². The fraction of sp³-hybridized carbons (Fsp3) is 0.471. The van der Waals surface area contributed by atoms with Crippen molar-refractivity contribution in [2.45, 2.75) is 24.3 Å². The van der Waals surface area contributed by atoms with Crippen LogP contribution in [-0.2, 0) is 10.2 Å². The Labute approximate surface area is 144 Å². The normalized spacial score (nSPS) is 27.8. The van der Waals surface area contributed by atoms with Crippen molar-refractivity contribution in [2.24, 2.45) is 0 Å². The van der Waals surface area contributed by atoms with Crippen LogP contribution in [0.2, 0.25) is 0 Å². The van der Waals surface area contributed by atoms with Gasteiger partial charge >= 0.3 is 0 Å². The highest BCUT2D eigenvalue weighted by molar-refractivity contribution is 14.1. The van der Waals surface area contributed by atoms with Crippen LogP contribution in [0.25, 0.3) is 0 Å². The van der Waals surface area contributed by atoms with E-state index >= 15 is 0 Å². The molecule has 1 aromatic rings. The lowest BCUT2D eigenvalue weighted by molar-refractivity contribution is -0.116. The quantitative estimate of drug-likeness (QED) is 0.433. The predicted octanol–water partition coefficient (Wildman–Crippen LogP) is 2.94. The Morgan fingerprint density at radius 2 is 2.09 bits per heavy atom. The lowest BCUT2D eigenvalue weighted by Gasteiger charge is -2.38. The molecule has 3 rings (SSSR count). The van der Waals surface area contributed by atoms with Gasteiger partial charge in [0.1, 0.15) is 0 Å². The van der Waals surface area contributed by atoms with Gasteiger partial charge in [-0.05, 0) is 30.2 Å². The van der Waals surface area contributed by atoms with E-state index in [4.69, 9.17) is 9.47 Å². The van der Waals surface area contributed by atoms with Crippen LogP contribution in [-0.4, -0.2) is 42.0 Å². The Kier molecular flexibility index (Phi) is 4.45. The minimum atomic E-state index is -0.0986. The second-order valence-electron chi connectivity index (χ2n) is 5.81. The van der Waals surface area contributed by atoms with Crippen molar-refractivity contribution in [3.05, 3.63) is 35.9 Å². The van der Waals surface area contributed by atoms with Gasteiger partial charge in [-0.3, -0.25) is 9.69 Å². The van der Waals surface area contributed by atoms with Crippen LogP contribution >= 0.6 is 22.6 Å². The van der Waals surface area contributed by atoms with E-state index in [-0.39, 0.29) is 17.2 Å². The molecule has 0 radical (unpaired) electrons. The van der Waals surface area contributed by atoms with Gasteiger partial charge in [-0.15, -0.1) is 0 Å². The largest absolute Gasteiger partial charge is 0.493 e. The minimum absolute atomic E-state index is 0.0986. The van der Waals surface area contributed by atoms with E-state index in [2.05, 4.69) is 45.7 Å². The van der Waals surface area contributed by atoms with Crippen molar-refractivity contribution >= 4 is 28.4 Å². The van der Waals surface area contributed by atoms with Gasteiger partial charge in [0.25, 0.3) is 0 Å². The number of hydrogen-bond donors (Lipinski definition) is 0. The molecule has 0 N–H and O–H groups in total. The van der Waals surface area contributed by atoms with Crippen LogP contribution in [0.15, 0.2) is 30.4 Å². The van der Waals surface area contributed by atoms with Crippen LogP contribution < -0.4 is 9.47 Å². The summed E-state index contributed by atoms with van der Waals surface area (Å²) in [5.74, 6) is 1.70. The highest BCUT2D eigenvalue weighted by Crippen LogP contribution is 2.47. The number of hydrogen-bond acceptors (Lipinski definition) is 4. The number of ether oxygens (including phenoxy) is 2. The molecule has 5 heteroatoms. The molecule has 0 amide bonds. The topological polar surface area (TPSA) is 38.8 Å². The molecule has 1 saturated heterocycles. The number of ketones is 1. The molecule has 1 aliphatic carbocycles. The van der Waals surface area contributed by atoms with E-state index in [1.807, 2.05) is 6.07 Å². The number of benzene rings is 1. The van der Waals surface area contributed by atoms with Crippen molar-refractivity contribution in [3.63, 3.8) is 0 Å². The first-order valence-corrected chi connectivity index (χ1v) is 8.92. The first kappa shape index (κ1) is 15.8. The number of halogens is 1. The average molecular weight is 413 g/mol. The summed E-state index contributed by atoms with van der Waals surface area (Å²) in [6.45, 7) is 1.01. The van der Waals surface area contributed by atoms with Gasteiger partial charge in [0.15, 0.2) is 17.3 Å². The van der Waals surface area contributed by atoms with Crippen molar-refractivity contribution in [2.75, 3.05) is 25.3 Å². The summed E-state index contributed by atoms with van der Waals surface area (Å²) in [5.41, 5.74) is 1.10. The van der Waals surface area contributed by atoms with Gasteiger partial charge in [0.05, 0.1) is 18.8 Å². The average Bonchev–Trinajstić information content (AvgIpc) is 2.93. The molecule has 22 heavy (non-hydrogen) atoms. The molecule has 2 atom stereocenters. The Morgan fingerprint density at radius 1 is 1.32 bits per heavy atom. The van der Waals surface area contributed by atoms with Crippen molar-refractivity contribution in [1.29, 1.82) is 0 Å². The Balaban J connectivity index is 2.08. The zero-order chi connectivity index (χ0) is 15.7. The molecule has 1 aliphatic heterocycles. The van der Waals surface area contributed by atoms with Gasteiger partial charge in [-0.2, -0.15) is 0 Å². The smallest absolute Gasteiger partial charge is 0.161 e. The number of carbonyl (C=O) groups is 1. The lowest BCUT2D eigenvalue weighted by Crippen LogP contribution is -2.44. The molecule has 1 fully saturated rings. The molecule has 1 aromatic carbocycles. The number of carbonyl (C=O) groups excluding carboxylic acids is 1. The number of rotatable bonds is 4. The number of methoxy groups -OCH3 is 2. The van der Waals surface area contributed by atoms with Crippen LogP contribution in [0.1, 0.15) is 18.4 Å². The standard InChI is InChI=1S/C17H20INO3/c1-21-14-4-3-12(9-15(14)22-2)17-6-5-13(20)10-16(17)19(11-18)8-7-17/h3-6,9,16H,7-8,10-11H2,1-2H3/t16-,17-/m1/s1. The van der Waals surface area contributed by atoms with E-state index in [1.165, 1.54) is 5.56 Å². The Hall–Kier alpha value is -1.08. The first-order valence-electron chi connectivity index (χ1n) is 7.39. The summed E-state index contributed by atoms with van der Waals surface area (Å²) in [7, 11) is 3.30. The summed E-state index contributed by atoms with van der Waals surface area (Å²) < 4.78 is 11.7. The summed E-state index contributed by atoms with van der Waals surface area (Å²) in [5, 5.41) is 0. The molecule has 0 bridgehead atoms. The van der Waals surface area contributed by atoms with E-state index in [1.54, 1.807) is 20.3 Å². The molecule has 118 valence electrons. The molecule has 2 aliphatic rings. The van der Waals surface area contributed by atoms with Gasteiger partial charge in [0.2, 0.25) is 0 Å². The van der Waals surface area contributed by atoms with E-state index in [0.29, 0.717) is 6.42 Å². The summed E-state index contributed by atoms with van der Waals surface area (Å²) in [4.78, 5) is 14.3. The summed E-state index contributed by atoms with van der Waals surface area (Å²) in [6, 6.07) is 6.35. The number of nitrogens with zero attached hydrogens (tertiary/aromatic N) is 1. The fourth-order valence-electron chi connectivity index (χ4n) is 3.68. The third-order valence-corrected chi connectivity index (χ3v) is 5.76. The third-order valence-electron chi connectivity index (χ3n) is 4.88. The first-order chi connectivity index (χ1) is 10.6. The maximum atomic E-state index is 11.9. The summed E-state index contributed by atoms with van der Waals surface area (Å²) >= 11 is 2.38. The Bertz CT molecular complexity index is 616. The van der Waals surface area contributed by atoms with Gasteiger partial charge in [-0.25, -0.2) is 0 Å². The van der Waals surface area contributed by atoms with E-state index < -0.39 is 0 Å². The fourth-order valence-corrected chi connectivity index (χ4v) is 4.50. The second kappa shape index (κ2) is 6.20. The van der Waals surface area contributed by atoms with Crippen LogP contribution in [0.3, 0.4) is 0 Å². The van der Waals surface area contributed by atoms with Crippen LogP contribution in [0, 0.1) is 0 Å². The predicted molar refractivity (Wildman–Crippen MR) is 94.0 cm³/mol. The zero-order valence-corrected chi connectivity index (χ0v) is 15.0. The van der Waals surface area contributed by atoms with E-state index in [9.17, 15) is 4.79 Å². The molecule has 1 heterocycles. The molecule has 0 spiro atoms. The summed E-state index contributed by atoms with van der Waals surface area (Å²) in [6.07, 6.45) is 5.48. The number of alkyl halides is 1. The number of likely N-dealkylation sites (tertiary alicyclic amines) is 1.